The lowest BCUT2D eigenvalue weighted by Gasteiger charge is -2.09. The van der Waals surface area contributed by atoms with Crippen molar-refractivity contribution in [2.45, 2.75) is 18.9 Å². The molecule has 122 valence electrons. The van der Waals surface area contributed by atoms with Crippen LogP contribution < -0.4 is 5.32 Å². The van der Waals surface area contributed by atoms with Crippen LogP contribution in [0.3, 0.4) is 0 Å². The lowest BCUT2D eigenvalue weighted by molar-refractivity contribution is 0.0949. The number of nitrogens with zero attached hydrogens (tertiary/aromatic N) is 2. The first-order valence-corrected chi connectivity index (χ1v) is 7.38. The van der Waals surface area contributed by atoms with E-state index < -0.39 is 11.6 Å². The van der Waals surface area contributed by atoms with Crippen LogP contribution >= 0.6 is 0 Å². The van der Waals surface area contributed by atoms with Gasteiger partial charge in [-0.3, -0.25) is 9.48 Å². The van der Waals surface area contributed by atoms with E-state index in [9.17, 15) is 13.6 Å². The third kappa shape index (κ3) is 3.39. The molecule has 5 nitrogen and oxygen atoms in total. The Kier molecular flexibility index (Phi) is 4.38. The molecule has 1 fully saturated rings. The lowest BCUT2D eigenvalue weighted by Crippen LogP contribution is -2.24. The molecule has 23 heavy (non-hydrogen) atoms. The van der Waals surface area contributed by atoms with Gasteiger partial charge in [0.25, 0.3) is 5.91 Å². The summed E-state index contributed by atoms with van der Waals surface area (Å²) in [4.78, 5) is 12.4. The van der Waals surface area contributed by atoms with Crippen molar-refractivity contribution in [2.24, 2.45) is 7.05 Å². The highest BCUT2D eigenvalue weighted by molar-refractivity contribution is 5.95. The van der Waals surface area contributed by atoms with Crippen LogP contribution in [0.4, 0.5) is 8.78 Å². The second-order valence-corrected chi connectivity index (χ2v) is 5.58. The highest BCUT2D eigenvalue weighted by Gasteiger charge is 2.26. The quantitative estimate of drug-likeness (QED) is 0.938. The summed E-state index contributed by atoms with van der Waals surface area (Å²) >= 11 is 0. The van der Waals surface area contributed by atoms with Gasteiger partial charge in [0.2, 0.25) is 0 Å². The molecule has 0 unspecified atom stereocenters. The first kappa shape index (κ1) is 15.6. The number of aryl methyl sites for hydroxylation is 1. The van der Waals surface area contributed by atoms with E-state index in [0.29, 0.717) is 24.5 Å². The van der Waals surface area contributed by atoms with Crippen molar-refractivity contribution >= 4 is 5.91 Å². The maximum absolute atomic E-state index is 13.6. The highest BCUT2D eigenvalue weighted by Crippen LogP contribution is 2.26. The van der Waals surface area contributed by atoms with E-state index in [-0.39, 0.29) is 23.9 Å². The van der Waals surface area contributed by atoms with E-state index in [0.717, 1.165) is 24.6 Å². The minimum atomic E-state index is -0.553. The molecule has 2 aromatic rings. The van der Waals surface area contributed by atoms with Crippen LogP contribution in [-0.4, -0.2) is 28.9 Å². The van der Waals surface area contributed by atoms with Crippen molar-refractivity contribution in [3.8, 4) is 0 Å². The monoisotopic (exact) mass is 321 g/mol. The van der Waals surface area contributed by atoms with Gasteiger partial charge in [-0.2, -0.15) is 5.10 Å². The fraction of sp³-hybridized carbons (Fsp3) is 0.375. The number of hydrogen-bond acceptors (Lipinski definition) is 3. The molecular weight excluding hydrogens is 304 g/mol. The Labute approximate surface area is 132 Å². The normalized spacial score (nSPS) is 17.4. The topological polar surface area (TPSA) is 56.2 Å². The molecule has 0 radical (unpaired) electrons. The second kappa shape index (κ2) is 6.45. The molecular formula is C16H17F2N3O2. The molecule has 1 amide bonds. The molecule has 1 aliphatic rings. The van der Waals surface area contributed by atoms with E-state index in [2.05, 4.69) is 10.4 Å². The number of benzene rings is 1. The number of aromatic nitrogens is 2. The second-order valence-electron chi connectivity index (χ2n) is 5.58. The molecule has 1 aromatic carbocycles. The SMILES string of the molecule is Cn1cc(C(=O)NCc2cc(F)ccc2F)c([C@H]2CCOC2)n1. The highest BCUT2D eigenvalue weighted by atomic mass is 19.1. The Morgan fingerprint density at radius 1 is 1.48 bits per heavy atom. The van der Waals surface area contributed by atoms with Gasteiger partial charge in [0, 0.05) is 37.9 Å². The zero-order chi connectivity index (χ0) is 16.4. The maximum atomic E-state index is 13.6. The predicted octanol–water partition coefficient (Wildman–Crippen LogP) is 2.13. The number of hydrogen-bond donors (Lipinski definition) is 1. The van der Waals surface area contributed by atoms with Crippen LogP contribution in [0.1, 0.15) is 34.0 Å². The van der Waals surface area contributed by atoms with E-state index in [1.54, 1.807) is 17.9 Å². The molecule has 0 bridgehead atoms. The van der Waals surface area contributed by atoms with Crippen LogP contribution in [0, 0.1) is 11.6 Å². The average Bonchev–Trinajstić information content (AvgIpc) is 3.16. The molecule has 0 aliphatic carbocycles. The molecule has 1 atom stereocenters. The van der Waals surface area contributed by atoms with Crippen molar-refractivity contribution in [2.75, 3.05) is 13.2 Å². The average molecular weight is 321 g/mol. The number of carbonyl (C=O) groups excluding carboxylic acids is 1. The molecule has 1 saturated heterocycles. The Balaban J connectivity index is 1.74. The number of halogens is 2. The Hall–Kier alpha value is -2.28. The van der Waals surface area contributed by atoms with Crippen LogP contribution in [0.25, 0.3) is 0 Å². The van der Waals surface area contributed by atoms with Crippen LogP contribution in [-0.2, 0) is 18.3 Å². The summed E-state index contributed by atoms with van der Waals surface area (Å²) in [7, 11) is 1.74. The molecule has 2 heterocycles. The third-order valence-electron chi connectivity index (χ3n) is 3.87. The van der Waals surface area contributed by atoms with E-state index in [4.69, 9.17) is 4.74 Å². The lowest BCUT2D eigenvalue weighted by atomic mass is 10.0. The number of ether oxygens (including phenoxy) is 1. The minimum absolute atomic E-state index is 0.0854. The summed E-state index contributed by atoms with van der Waals surface area (Å²) in [6.07, 6.45) is 2.45. The first-order valence-electron chi connectivity index (χ1n) is 7.38. The largest absolute Gasteiger partial charge is 0.381 e. The number of carbonyl (C=O) groups is 1. The maximum Gasteiger partial charge on any atom is 0.255 e. The molecule has 1 aliphatic heterocycles. The van der Waals surface area contributed by atoms with Crippen LogP contribution in [0.2, 0.25) is 0 Å². The van der Waals surface area contributed by atoms with E-state index in [1.165, 1.54) is 0 Å². The molecule has 0 spiro atoms. The first-order chi connectivity index (χ1) is 11.0. The summed E-state index contributed by atoms with van der Waals surface area (Å²) in [6.45, 7) is 1.10. The van der Waals surface area contributed by atoms with Gasteiger partial charge < -0.3 is 10.1 Å². The van der Waals surface area contributed by atoms with Gasteiger partial charge in [-0.1, -0.05) is 0 Å². The minimum Gasteiger partial charge on any atom is -0.381 e. The standard InChI is InChI=1S/C16H17F2N3O2/c1-21-8-13(15(20-21)10-4-5-23-9-10)16(22)19-7-11-6-12(17)2-3-14(11)18/h2-3,6,8,10H,4-5,7,9H2,1H3,(H,19,22)/t10-/m0/s1. The van der Waals surface area contributed by atoms with Crippen LogP contribution in [0.15, 0.2) is 24.4 Å². The fourth-order valence-corrected chi connectivity index (χ4v) is 2.68. The number of amides is 1. The van der Waals surface area contributed by atoms with Crippen molar-refractivity contribution in [1.82, 2.24) is 15.1 Å². The Morgan fingerprint density at radius 2 is 2.30 bits per heavy atom. The Morgan fingerprint density at radius 3 is 3.04 bits per heavy atom. The zero-order valence-corrected chi connectivity index (χ0v) is 12.7. The third-order valence-corrected chi connectivity index (χ3v) is 3.87. The van der Waals surface area contributed by atoms with Crippen molar-refractivity contribution < 1.29 is 18.3 Å². The number of nitrogens with one attached hydrogen (secondary N) is 1. The summed E-state index contributed by atoms with van der Waals surface area (Å²) in [6, 6.07) is 3.16. The summed E-state index contributed by atoms with van der Waals surface area (Å²) in [5, 5.41) is 6.96. The van der Waals surface area contributed by atoms with Gasteiger partial charge in [0.15, 0.2) is 0 Å². The molecule has 3 rings (SSSR count). The van der Waals surface area contributed by atoms with Gasteiger partial charge in [-0.05, 0) is 24.6 Å². The smallest absolute Gasteiger partial charge is 0.255 e. The predicted molar refractivity (Wildman–Crippen MR) is 78.9 cm³/mol. The Bertz CT molecular complexity index is 724. The fourth-order valence-electron chi connectivity index (χ4n) is 2.68. The summed E-state index contributed by atoms with van der Waals surface area (Å²) in [5.41, 5.74) is 1.23. The molecule has 7 heteroatoms. The molecule has 1 aromatic heterocycles. The van der Waals surface area contributed by atoms with Crippen molar-refractivity contribution in [3.63, 3.8) is 0 Å². The van der Waals surface area contributed by atoms with E-state index >= 15 is 0 Å². The van der Waals surface area contributed by atoms with Gasteiger partial charge in [-0.25, -0.2) is 8.78 Å². The van der Waals surface area contributed by atoms with Crippen molar-refractivity contribution in [1.29, 1.82) is 0 Å². The van der Waals surface area contributed by atoms with Gasteiger partial charge in [0.05, 0.1) is 17.9 Å². The van der Waals surface area contributed by atoms with E-state index in [1.807, 2.05) is 0 Å². The summed E-state index contributed by atoms with van der Waals surface area (Å²) < 4.78 is 33.7. The van der Waals surface area contributed by atoms with Crippen molar-refractivity contribution in [3.05, 3.63) is 52.9 Å². The van der Waals surface area contributed by atoms with Gasteiger partial charge in [0.1, 0.15) is 11.6 Å². The molecule has 1 N–H and O–H groups in total. The summed E-state index contributed by atoms with van der Waals surface area (Å²) in [5.74, 6) is -1.37. The molecule has 0 saturated carbocycles. The number of rotatable bonds is 4. The van der Waals surface area contributed by atoms with Gasteiger partial charge in [-0.15, -0.1) is 0 Å². The zero-order valence-electron chi connectivity index (χ0n) is 12.7. The van der Waals surface area contributed by atoms with Gasteiger partial charge >= 0.3 is 0 Å². The van der Waals surface area contributed by atoms with Crippen LogP contribution in [0.5, 0.6) is 0 Å².